The van der Waals surface area contributed by atoms with Gasteiger partial charge in [-0.1, -0.05) is 26.0 Å². The third-order valence-corrected chi connectivity index (χ3v) is 5.78. The van der Waals surface area contributed by atoms with Crippen LogP contribution in [-0.2, 0) is 11.2 Å². The van der Waals surface area contributed by atoms with Crippen LogP contribution in [-0.4, -0.2) is 61.2 Å². The van der Waals surface area contributed by atoms with Gasteiger partial charge in [0.15, 0.2) is 17.5 Å². The summed E-state index contributed by atoms with van der Waals surface area (Å²) in [5, 5.41) is 17.0. The van der Waals surface area contributed by atoms with E-state index in [0.717, 1.165) is 56.8 Å². The number of amides is 1. The first-order chi connectivity index (χ1) is 14.5. The fourth-order valence-corrected chi connectivity index (χ4v) is 3.88. The number of likely N-dealkylation sites (tertiary alicyclic amines) is 1. The second-order valence-corrected chi connectivity index (χ2v) is 7.74. The number of nitrogens with one attached hydrogen (secondary N) is 2. The molecular formula is C23H39IN4O3. The number of aromatic hydroxyl groups is 1. The Labute approximate surface area is 204 Å². The Morgan fingerprint density at radius 1 is 1.26 bits per heavy atom. The Bertz CT molecular complexity index is 702. The van der Waals surface area contributed by atoms with Gasteiger partial charge in [0.2, 0.25) is 5.91 Å². The van der Waals surface area contributed by atoms with Crippen LogP contribution in [0.1, 0.15) is 52.0 Å². The summed E-state index contributed by atoms with van der Waals surface area (Å²) in [7, 11) is 1.55. The zero-order valence-electron chi connectivity index (χ0n) is 19.3. The Balaban J connectivity index is 0.00000480. The van der Waals surface area contributed by atoms with Crippen LogP contribution in [0.25, 0.3) is 0 Å². The average molecular weight is 546 g/mol. The first kappa shape index (κ1) is 27.3. The van der Waals surface area contributed by atoms with E-state index in [1.165, 1.54) is 0 Å². The van der Waals surface area contributed by atoms with Crippen molar-refractivity contribution >= 4 is 35.8 Å². The number of methoxy groups -OCH3 is 1. The minimum Gasteiger partial charge on any atom is -0.504 e. The predicted molar refractivity (Wildman–Crippen MR) is 137 cm³/mol. The van der Waals surface area contributed by atoms with E-state index in [1.807, 2.05) is 24.0 Å². The number of aliphatic imine (C=N–C) groups is 1. The molecule has 1 saturated heterocycles. The molecule has 8 heteroatoms. The zero-order chi connectivity index (χ0) is 21.9. The lowest BCUT2D eigenvalue weighted by molar-refractivity contribution is -0.136. The predicted octanol–water partition coefficient (Wildman–Crippen LogP) is 3.54. The van der Waals surface area contributed by atoms with Crippen LogP contribution in [0.2, 0.25) is 0 Å². The number of carbonyl (C=O) groups is 1. The Hall–Kier alpha value is -1.71. The van der Waals surface area contributed by atoms with Crippen molar-refractivity contribution in [3.8, 4) is 11.5 Å². The molecule has 7 nitrogen and oxygen atoms in total. The SMILES string of the molecule is CCNC(=NCCc1cccc(OC)c1O)NC1CCN(C(=O)C(CC)CC)CC1.I. The summed E-state index contributed by atoms with van der Waals surface area (Å²) >= 11 is 0. The Morgan fingerprint density at radius 2 is 1.94 bits per heavy atom. The lowest BCUT2D eigenvalue weighted by Crippen LogP contribution is -2.50. The molecule has 1 aliphatic heterocycles. The number of phenolic OH excluding ortho intramolecular Hbond substituents is 1. The first-order valence-electron chi connectivity index (χ1n) is 11.2. The molecule has 1 amide bonds. The summed E-state index contributed by atoms with van der Waals surface area (Å²) in [6, 6.07) is 5.81. The van der Waals surface area contributed by atoms with Gasteiger partial charge >= 0.3 is 0 Å². The van der Waals surface area contributed by atoms with E-state index in [4.69, 9.17) is 4.74 Å². The molecule has 1 aliphatic rings. The minimum atomic E-state index is 0. The largest absolute Gasteiger partial charge is 0.504 e. The highest BCUT2D eigenvalue weighted by Crippen LogP contribution is 2.29. The van der Waals surface area contributed by atoms with Crippen molar-refractivity contribution < 1.29 is 14.6 Å². The average Bonchev–Trinajstić information content (AvgIpc) is 2.76. The maximum Gasteiger partial charge on any atom is 0.225 e. The van der Waals surface area contributed by atoms with E-state index in [2.05, 4.69) is 29.5 Å². The molecule has 1 aromatic rings. The molecule has 0 radical (unpaired) electrons. The number of halogens is 1. The third-order valence-electron chi connectivity index (χ3n) is 5.78. The number of carbonyl (C=O) groups excluding carboxylic acids is 1. The Morgan fingerprint density at radius 3 is 2.52 bits per heavy atom. The first-order valence-corrected chi connectivity index (χ1v) is 11.2. The number of rotatable bonds is 9. The van der Waals surface area contributed by atoms with E-state index in [1.54, 1.807) is 13.2 Å². The number of nitrogens with zero attached hydrogens (tertiary/aromatic N) is 2. The molecule has 3 N–H and O–H groups in total. The second kappa shape index (κ2) is 14.4. The molecule has 1 heterocycles. The maximum absolute atomic E-state index is 12.6. The van der Waals surface area contributed by atoms with E-state index < -0.39 is 0 Å². The molecular weight excluding hydrogens is 507 g/mol. The van der Waals surface area contributed by atoms with E-state index in [9.17, 15) is 9.90 Å². The van der Waals surface area contributed by atoms with Crippen LogP contribution in [0.15, 0.2) is 23.2 Å². The number of ether oxygens (including phenoxy) is 1. The van der Waals surface area contributed by atoms with Crippen molar-refractivity contribution in [3.05, 3.63) is 23.8 Å². The third kappa shape index (κ3) is 8.05. The topological polar surface area (TPSA) is 86.2 Å². The van der Waals surface area contributed by atoms with Gasteiger partial charge in [0.25, 0.3) is 0 Å². The minimum absolute atomic E-state index is 0. The summed E-state index contributed by atoms with van der Waals surface area (Å²) in [4.78, 5) is 19.3. The van der Waals surface area contributed by atoms with E-state index >= 15 is 0 Å². The molecule has 0 unspecified atom stereocenters. The van der Waals surface area contributed by atoms with Crippen LogP contribution >= 0.6 is 24.0 Å². The molecule has 2 rings (SSSR count). The highest BCUT2D eigenvalue weighted by molar-refractivity contribution is 14.0. The molecule has 176 valence electrons. The molecule has 0 aromatic heterocycles. The number of hydrogen-bond acceptors (Lipinski definition) is 4. The van der Waals surface area contributed by atoms with Crippen LogP contribution in [0.5, 0.6) is 11.5 Å². The quantitative estimate of drug-likeness (QED) is 0.251. The van der Waals surface area contributed by atoms with Crippen molar-refractivity contribution in [2.24, 2.45) is 10.9 Å². The molecule has 1 aromatic carbocycles. The summed E-state index contributed by atoms with van der Waals surface area (Å²) in [5.74, 6) is 1.90. The van der Waals surface area contributed by atoms with Gasteiger partial charge in [-0.3, -0.25) is 9.79 Å². The van der Waals surface area contributed by atoms with Crippen LogP contribution in [0.4, 0.5) is 0 Å². The fraction of sp³-hybridized carbons (Fsp3) is 0.652. The van der Waals surface area contributed by atoms with Gasteiger partial charge < -0.3 is 25.4 Å². The molecule has 1 fully saturated rings. The highest BCUT2D eigenvalue weighted by atomic mass is 127. The van der Waals surface area contributed by atoms with Crippen LogP contribution < -0.4 is 15.4 Å². The highest BCUT2D eigenvalue weighted by Gasteiger charge is 2.26. The molecule has 0 spiro atoms. The molecule has 0 atom stereocenters. The van der Waals surface area contributed by atoms with Gasteiger partial charge in [-0.2, -0.15) is 0 Å². The summed E-state index contributed by atoms with van der Waals surface area (Å²) in [6.45, 7) is 9.15. The fourth-order valence-electron chi connectivity index (χ4n) is 3.88. The number of hydrogen-bond donors (Lipinski definition) is 3. The lowest BCUT2D eigenvalue weighted by Gasteiger charge is -2.34. The van der Waals surface area contributed by atoms with Gasteiger partial charge in [-0.15, -0.1) is 24.0 Å². The lowest BCUT2D eigenvalue weighted by atomic mass is 9.98. The summed E-state index contributed by atoms with van der Waals surface area (Å²) < 4.78 is 5.17. The van der Waals surface area contributed by atoms with Gasteiger partial charge in [-0.25, -0.2) is 0 Å². The van der Waals surface area contributed by atoms with Gasteiger partial charge in [-0.05, 0) is 50.7 Å². The zero-order valence-corrected chi connectivity index (χ0v) is 21.6. The van der Waals surface area contributed by atoms with E-state index in [-0.39, 0.29) is 35.6 Å². The standard InChI is InChI=1S/C23H38N4O3.HI/c1-5-17(6-2)22(29)27-15-12-19(13-16-27)26-23(24-7-3)25-14-11-18-9-8-10-20(30-4)21(18)28;/h8-10,17,19,28H,5-7,11-16H2,1-4H3,(H2,24,25,26);1H. The van der Waals surface area contributed by atoms with Gasteiger partial charge in [0, 0.05) is 38.1 Å². The number of phenols is 1. The Kier molecular flexibility index (Phi) is 12.7. The monoisotopic (exact) mass is 546 g/mol. The maximum atomic E-state index is 12.6. The van der Waals surface area contributed by atoms with Crippen molar-refractivity contribution in [2.75, 3.05) is 33.3 Å². The van der Waals surface area contributed by atoms with Crippen molar-refractivity contribution in [1.29, 1.82) is 0 Å². The molecule has 0 saturated carbocycles. The van der Waals surface area contributed by atoms with Gasteiger partial charge in [0.05, 0.1) is 7.11 Å². The summed E-state index contributed by atoms with van der Waals surface area (Å²) in [6.07, 6.45) is 4.29. The van der Waals surface area contributed by atoms with Crippen LogP contribution in [0, 0.1) is 5.92 Å². The smallest absolute Gasteiger partial charge is 0.225 e. The number of guanidine groups is 1. The molecule has 31 heavy (non-hydrogen) atoms. The normalized spacial score (nSPS) is 14.9. The number of para-hydroxylation sites is 1. The van der Waals surface area contributed by atoms with E-state index in [0.29, 0.717) is 30.7 Å². The number of benzene rings is 1. The summed E-state index contributed by atoms with van der Waals surface area (Å²) in [5.41, 5.74) is 0.821. The molecule has 0 bridgehead atoms. The molecule has 0 aliphatic carbocycles. The number of piperidine rings is 1. The second-order valence-electron chi connectivity index (χ2n) is 7.74. The van der Waals surface area contributed by atoms with Gasteiger partial charge in [0.1, 0.15) is 0 Å². The van der Waals surface area contributed by atoms with Crippen molar-refractivity contribution in [3.63, 3.8) is 0 Å². The van der Waals surface area contributed by atoms with Crippen molar-refractivity contribution in [2.45, 2.75) is 58.9 Å². The van der Waals surface area contributed by atoms with Crippen LogP contribution in [0.3, 0.4) is 0 Å². The van der Waals surface area contributed by atoms with Crippen molar-refractivity contribution in [1.82, 2.24) is 15.5 Å².